The Bertz CT molecular complexity index is 408. The first kappa shape index (κ1) is 19.2. The van der Waals surface area contributed by atoms with Crippen molar-refractivity contribution >= 4 is 13.6 Å². The van der Waals surface area contributed by atoms with Crippen LogP contribution in [0.5, 0.6) is 0 Å². The fraction of sp³-hybridized carbons (Fsp3) is 0.800. The minimum absolute atomic E-state index is 0.0522. The summed E-state index contributed by atoms with van der Waals surface area (Å²) in [5, 5.41) is 3.14. The molecule has 22 heavy (non-hydrogen) atoms. The van der Waals surface area contributed by atoms with Crippen molar-refractivity contribution in [2.75, 3.05) is 19.8 Å². The van der Waals surface area contributed by atoms with E-state index in [2.05, 4.69) is 5.32 Å². The molecule has 1 fully saturated rings. The molecule has 128 valence electrons. The third kappa shape index (κ3) is 5.75. The predicted octanol–water partition coefficient (Wildman–Crippen LogP) is 3.58. The second kappa shape index (κ2) is 10.0. The number of hydrogen-bond acceptors (Lipinski definition) is 6. The summed E-state index contributed by atoms with van der Waals surface area (Å²) in [6, 6.07) is 0.287. The zero-order chi connectivity index (χ0) is 16.4. The van der Waals surface area contributed by atoms with Crippen molar-refractivity contribution in [3.63, 3.8) is 0 Å². The summed E-state index contributed by atoms with van der Waals surface area (Å²) in [6.45, 7) is 5.72. The Morgan fingerprint density at radius 3 is 2.18 bits per heavy atom. The molecule has 0 aromatic heterocycles. The van der Waals surface area contributed by atoms with Crippen molar-refractivity contribution in [2.45, 2.75) is 58.9 Å². The van der Waals surface area contributed by atoms with E-state index in [9.17, 15) is 9.36 Å². The molecule has 0 saturated heterocycles. The maximum absolute atomic E-state index is 12.8. The highest BCUT2D eigenvalue weighted by Crippen LogP contribution is 2.56. The molecular weight excluding hydrogens is 305 g/mol. The van der Waals surface area contributed by atoms with Gasteiger partial charge in [-0.25, -0.2) is 4.79 Å². The molecule has 0 heterocycles. The number of nitrogens with one attached hydrogen (secondary N) is 1. The van der Waals surface area contributed by atoms with E-state index in [0.717, 1.165) is 25.7 Å². The molecule has 0 aromatic rings. The highest BCUT2D eigenvalue weighted by atomic mass is 31.2. The fourth-order valence-electron chi connectivity index (χ4n) is 2.44. The quantitative estimate of drug-likeness (QED) is 0.395. The van der Waals surface area contributed by atoms with E-state index in [0.29, 0.717) is 0 Å². The number of carbonyl (C=O) groups excluding carboxylic acids is 1. The molecule has 0 amide bonds. The summed E-state index contributed by atoms with van der Waals surface area (Å²) >= 11 is 0. The van der Waals surface area contributed by atoms with Crippen molar-refractivity contribution in [1.82, 2.24) is 5.32 Å². The van der Waals surface area contributed by atoms with Crippen LogP contribution in [0, 0.1) is 0 Å². The van der Waals surface area contributed by atoms with Gasteiger partial charge in [0, 0.05) is 12.2 Å². The van der Waals surface area contributed by atoms with Crippen molar-refractivity contribution in [3.8, 4) is 0 Å². The third-order valence-electron chi connectivity index (χ3n) is 3.44. The lowest BCUT2D eigenvalue weighted by Gasteiger charge is -2.24. The van der Waals surface area contributed by atoms with Gasteiger partial charge in [-0.1, -0.05) is 19.3 Å². The van der Waals surface area contributed by atoms with E-state index in [1.54, 1.807) is 20.8 Å². The van der Waals surface area contributed by atoms with Crippen LogP contribution in [0.1, 0.15) is 52.9 Å². The Morgan fingerprint density at radius 2 is 1.68 bits per heavy atom. The van der Waals surface area contributed by atoms with Gasteiger partial charge in [-0.05, 0) is 33.6 Å². The van der Waals surface area contributed by atoms with E-state index in [1.807, 2.05) is 0 Å². The molecule has 0 aliphatic heterocycles. The van der Waals surface area contributed by atoms with Crippen molar-refractivity contribution in [1.29, 1.82) is 0 Å². The lowest BCUT2D eigenvalue weighted by atomic mass is 9.96. The Labute approximate surface area is 133 Å². The number of rotatable bonds is 9. The zero-order valence-corrected chi connectivity index (χ0v) is 14.7. The number of carbonyl (C=O) groups is 1. The Kier molecular flexibility index (Phi) is 8.76. The first-order valence-electron chi connectivity index (χ1n) is 8.10. The van der Waals surface area contributed by atoms with Gasteiger partial charge in [-0.2, -0.15) is 0 Å². The first-order valence-corrected chi connectivity index (χ1v) is 9.64. The zero-order valence-electron chi connectivity index (χ0n) is 13.8. The molecule has 7 heteroatoms. The summed E-state index contributed by atoms with van der Waals surface area (Å²) in [7, 11) is -3.66. The van der Waals surface area contributed by atoms with Crippen LogP contribution in [0.15, 0.2) is 11.5 Å². The van der Waals surface area contributed by atoms with Gasteiger partial charge in [-0.3, -0.25) is 4.57 Å². The predicted molar refractivity (Wildman–Crippen MR) is 85.6 cm³/mol. The van der Waals surface area contributed by atoms with Crippen molar-refractivity contribution in [3.05, 3.63) is 11.5 Å². The van der Waals surface area contributed by atoms with Gasteiger partial charge in [-0.15, -0.1) is 0 Å². The van der Waals surface area contributed by atoms with Crippen LogP contribution < -0.4 is 5.32 Å². The van der Waals surface area contributed by atoms with Gasteiger partial charge in [0.2, 0.25) is 0 Å². The van der Waals surface area contributed by atoms with E-state index in [-0.39, 0.29) is 31.2 Å². The monoisotopic (exact) mass is 333 g/mol. The Balaban J connectivity index is 2.93. The summed E-state index contributed by atoms with van der Waals surface area (Å²) in [5.41, 5.74) is 0. The number of esters is 1. The standard InChI is InChI=1S/C15H28NO5P/c1-4-19-15(17)14(22(18,20-5-2)21-6-3)12-16-13-10-8-7-9-11-13/h12-13,16H,4-11H2,1-3H3. The van der Waals surface area contributed by atoms with Crippen LogP contribution >= 0.6 is 7.60 Å². The normalized spacial score (nSPS) is 17.3. The number of hydrogen-bond donors (Lipinski definition) is 1. The first-order chi connectivity index (χ1) is 10.6. The van der Waals surface area contributed by atoms with Crippen LogP contribution in [0.3, 0.4) is 0 Å². The third-order valence-corrected chi connectivity index (χ3v) is 5.54. The SMILES string of the molecule is CCOC(=O)C(=CNC1CCCCC1)P(=O)(OCC)OCC. The van der Waals surface area contributed by atoms with E-state index < -0.39 is 13.6 Å². The molecule has 1 N–H and O–H groups in total. The van der Waals surface area contributed by atoms with Crippen LogP contribution in [-0.2, 0) is 23.1 Å². The van der Waals surface area contributed by atoms with Gasteiger partial charge in [0.15, 0.2) is 5.31 Å². The number of ether oxygens (including phenoxy) is 1. The smallest absolute Gasteiger partial charge is 0.370 e. The lowest BCUT2D eigenvalue weighted by Crippen LogP contribution is -2.28. The molecule has 0 radical (unpaired) electrons. The van der Waals surface area contributed by atoms with Crippen molar-refractivity contribution < 1.29 is 23.1 Å². The second-order valence-corrected chi connectivity index (χ2v) is 7.08. The molecule has 0 unspecified atom stereocenters. The highest BCUT2D eigenvalue weighted by molar-refractivity contribution is 7.59. The minimum atomic E-state index is -3.66. The van der Waals surface area contributed by atoms with Crippen LogP contribution in [-0.4, -0.2) is 31.8 Å². The van der Waals surface area contributed by atoms with E-state index >= 15 is 0 Å². The average Bonchev–Trinajstić information content (AvgIpc) is 2.49. The van der Waals surface area contributed by atoms with Gasteiger partial charge >= 0.3 is 13.6 Å². The molecule has 0 bridgehead atoms. The lowest BCUT2D eigenvalue weighted by molar-refractivity contribution is -0.137. The molecule has 1 rings (SSSR count). The summed E-state index contributed by atoms with van der Waals surface area (Å²) in [4.78, 5) is 12.1. The van der Waals surface area contributed by atoms with Gasteiger partial charge in [0.25, 0.3) is 0 Å². The van der Waals surface area contributed by atoms with Crippen molar-refractivity contribution in [2.24, 2.45) is 0 Å². The summed E-state index contributed by atoms with van der Waals surface area (Å²) < 4.78 is 28.4. The summed E-state index contributed by atoms with van der Waals surface area (Å²) in [5.74, 6) is -0.656. The molecule has 1 saturated carbocycles. The van der Waals surface area contributed by atoms with Gasteiger partial charge in [0.05, 0.1) is 19.8 Å². The average molecular weight is 333 g/mol. The topological polar surface area (TPSA) is 73.9 Å². The maximum atomic E-state index is 12.8. The molecule has 6 nitrogen and oxygen atoms in total. The highest BCUT2D eigenvalue weighted by Gasteiger charge is 2.36. The fourth-order valence-corrected chi connectivity index (χ4v) is 3.99. The van der Waals surface area contributed by atoms with Crippen LogP contribution in [0.2, 0.25) is 0 Å². The van der Waals surface area contributed by atoms with E-state index in [1.165, 1.54) is 12.6 Å². The molecule has 0 spiro atoms. The van der Waals surface area contributed by atoms with Crippen LogP contribution in [0.4, 0.5) is 0 Å². The molecule has 1 aliphatic rings. The van der Waals surface area contributed by atoms with Gasteiger partial charge in [0.1, 0.15) is 0 Å². The largest absolute Gasteiger partial charge is 0.462 e. The molecule has 1 aliphatic carbocycles. The molecule has 0 atom stereocenters. The Hall–Kier alpha value is -0.840. The van der Waals surface area contributed by atoms with E-state index in [4.69, 9.17) is 13.8 Å². The molecular formula is C15H28NO5P. The van der Waals surface area contributed by atoms with Gasteiger partial charge < -0.3 is 19.1 Å². The maximum Gasteiger partial charge on any atom is 0.370 e. The molecule has 0 aromatic carbocycles. The Morgan fingerprint density at radius 1 is 1.09 bits per heavy atom. The summed E-state index contributed by atoms with van der Waals surface area (Å²) in [6.07, 6.45) is 7.12. The second-order valence-electron chi connectivity index (χ2n) is 5.08. The van der Waals surface area contributed by atoms with Crippen LogP contribution in [0.25, 0.3) is 0 Å². The minimum Gasteiger partial charge on any atom is -0.462 e.